The maximum Gasteiger partial charge on any atom is 0.256 e. The third-order valence-corrected chi connectivity index (χ3v) is 7.69. The Hall–Kier alpha value is -3.77. The van der Waals surface area contributed by atoms with E-state index in [9.17, 15) is 23.2 Å². The molecular formula is C29H36F2N6O4. The third-order valence-electron chi connectivity index (χ3n) is 7.69. The molecule has 0 aliphatic carbocycles. The van der Waals surface area contributed by atoms with E-state index >= 15 is 0 Å². The smallest absolute Gasteiger partial charge is 0.256 e. The molecule has 0 bridgehead atoms. The molecule has 1 aromatic carbocycles. The average molecular weight is 571 g/mol. The maximum atomic E-state index is 14.2. The molecule has 0 saturated carbocycles. The van der Waals surface area contributed by atoms with Crippen molar-refractivity contribution in [3.8, 4) is 0 Å². The van der Waals surface area contributed by atoms with Gasteiger partial charge in [-0.2, -0.15) is 5.10 Å². The van der Waals surface area contributed by atoms with Gasteiger partial charge in [-0.25, -0.2) is 13.8 Å². The second-order valence-corrected chi connectivity index (χ2v) is 10.8. The highest BCUT2D eigenvalue weighted by molar-refractivity contribution is 6.13. The zero-order valence-corrected chi connectivity index (χ0v) is 23.7. The van der Waals surface area contributed by atoms with Crippen molar-refractivity contribution in [2.75, 3.05) is 33.3 Å². The Morgan fingerprint density at radius 1 is 1.22 bits per heavy atom. The van der Waals surface area contributed by atoms with Gasteiger partial charge >= 0.3 is 0 Å². The van der Waals surface area contributed by atoms with Gasteiger partial charge in [0.1, 0.15) is 23.1 Å². The lowest BCUT2D eigenvalue weighted by Crippen LogP contribution is -2.62. The summed E-state index contributed by atoms with van der Waals surface area (Å²) in [7, 11) is 1.63. The summed E-state index contributed by atoms with van der Waals surface area (Å²) in [5.74, 6) is -2.55. The summed E-state index contributed by atoms with van der Waals surface area (Å²) in [5.41, 5.74) is -0.546. The number of fused-ring (bicyclic) bond motifs is 1. The number of likely N-dealkylation sites (tertiary alicyclic amines) is 1. The van der Waals surface area contributed by atoms with Crippen LogP contribution in [0.3, 0.4) is 0 Å². The van der Waals surface area contributed by atoms with Crippen LogP contribution in [0, 0.1) is 17.0 Å². The fourth-order valence-corrected chi connectivity index (χ4v) is 4.97. The van der Waals surface area contributed by atoms with E-state index in [4.69, 9.17) is 4.74 Å². The molecule has 2 N–H and O–H groups in total. The Bertz CT molecular complexity index is 1320. The van der Waals surface area contributed by atoms with Crippen molar-refractivity contribution in [2.24, 2.45) is 10.5 Å². The number of hydrazone groups is 1. The number of piperidine rings is 1. The van der Waals surface area contributed by atoms with E-state index in [0.717, 1.165) is 12.1 Å². The Kier molecular flexibility index (Phi) is 9.13. The first kappa shape index (κ1) is 30.2. The van der Waals surface area contributed by atoms with Crippen LogP contribution in [0.1, 0.15) is 38.4 Å². The Morgan fingerprint density at radius 3 is 2.66 bits per heavy atom. The van der Waals surface area contributed by atoms with Crippen molar-refractivity contribution < 1.29 is 27.9 Å². The van der Waals surface area contributed by atoms with Crippen molar-refractivity contribution in [1.29, 1.82) is 0 Å². The minimum Gasteiger partial charge on any atom is -0.374 e. The number of hydrogen-bond donors (Lipinski definition) is 2. The summed E-state index contributed by atoms with van der Waals surface area (Å²) in [6, 6.07) is 7.48. The Morgan fingerprint density at radius 2 is 2.00 bits per heavy atom. The van der Waals surface area contributed by atoms with Crippen molar-refractivity contribution in [3.63, 3.8) is 0 Å². The number of pyridine rings is 1. The molecule has 41 heavy (non-hydrogen) atoms. The molecule has 0 spiro atoms. The molecule has 1 aromatic heterocycles. The molecule has 0 radical (unpaired) electrons. The lowest BCUT2D eigenvalue weighted by Gasteiger charge is -2.40. The van der Waals surface area contributed by atoms with Gasteiger partial charge in [0.05, 0.1) is 24.5 Å². The number of ether oxygens (including phenoxy) is 1. The second-order valence-electron chi connectivity index (χ2n) is 10.8. The van der Waals surface area contributed by atoms with Gasteiger partial charge in [0.25, 0.3) is 5.91 Å². The van der Waals surface area contributed by atoms with Crippen LogP contribution in [0.2, 0.25) is 0 Å². The SMILES string of the molecule is CCN1N=C2CCN(C(=O)C(COCc3ccc(F)cc3F)NC(=O)C(C)(C)NC)CC2(Cc2ccccn2)C1=O. The first-order valence-corrected chi connectivity index (χ1v) is 13.6. The molecule has 2 aromatic rings. The summed E-state index contributed by atoms with van der Waals surface area (Å²) in [6.45, 7) is 5.43. The van der Waals surface area contributed by atoms with Gasteiger partial charge in [0.2, 0.25) is 11.8 Å². The number of nitrogens with one attached hydrogen (secondary N) is 2. The highest BCUT2D eigenvalue weighted by Crippen LogP contribution is 2.38. The highest BCUT2D eigenvalue weighted by atomic mass is 19.1. The molecule has 12 heteroatoms. The van der Waals surface area contributed by atoms with E-state index in [1.165, 1.54) is 11.1 Å². The Labute approximate surface area is 238 Å². The van der Waals surface area contributed by atoms with Gasteiger partial charge in [-0.1, -0.05) is 12.1 Å². The molecule has 1 saturated heterocycles. The number of likely N-dealkylation sites (N-methyl/N-ethyl adjacent to an activating group) is 1. The van der Waals surface area contributed by atoms with Crippen LogP contribution in [-0.2, 0) is 32.1 Å². The molecular weight excluding hydrogens is 534 g/mol. The quantitative estimate of drug-likeness (QED) is 0.427. The molecule has 2 unspecified atom stereocenters. The number of carbonyl (C=O) groups excluding carboxylic acids is 3. The number of benzene rings is 1. The van der Waals surface area contributed by atoms with Crippen LogP contribution in [0.5, 0.6) is 0 Å². The molecule has 2 aliphatic heterocycles. The largest absolute Gasteiger partial charge is 0.374 e. The summed E-state index contributed by atoms with van der Waals surface area (Å²) >= 11 is 0. The van der Waals surface area contributed by atoms with E-state index in [2.05, 4.69) is 20.7 Å². The molecule has 220 valence electrons. The number of carbonyl (C=O) groups is 3. The second kappa shape index (κ2) is 12.4. The number of hydrogen-bond acceptors (Lipinski definition) is 7. The number of rotatable bonds is 11. The molecule has 2 aliphatic rings. The minimum absolute atomic E-state index is 0.0605. The fourth-order valence-electron chi connectivity index (χ4n) is 4.97. The van der Waals surface area contributed by atoms with Crippen LogP contribution >= 0.6 is 0 Å². The van der Waals surface area contributed by atoms with Crippen LogP contribution in [0.25, 0.3) is 0 Å². The number of halogens is 2. The van der Waals surface area contributed by atoms with Crippen LogP contribution in [0.4, 0.5) is 8.78 Å². The first-order chi connectivity index (χ1) is 19.5. The Balaban J connectivity index is 1.57. The molecule has 1 fully saturated rings. The van der Waals surface area contributed by atoms with Gasteiger partial charge in [0.15, 0.2) is 0 Å². The standard InChI is InChI=1S/C29H36F2N6O4/c1-5-37-27(40)29(15-21-8-6-7-12-33-21)18-36(13-11-24(29)35-37)25(38)23(34-26(39)28(2,3)32-4)17-41-16-19-9-10-20(30)14-22(19)31/h6-10,12,14,23,32H,5,11,13,15-18H2,1-4H3,(H,34,39). The first-order valence-electron chi connectivity index (χ1n) is 13.6. The molecule has 3 amide bonds. The van der Waals surface area contributed by atoms with E-state index in [1.807, 2.05) is 19.1 Å². The number of aromatic nitrogens is 1. The maximum absolute atomic E-state index is 14.2. The third kappa shape index (κ3) is 6.43. The van der Waals surface area contributed by atoms with Crippen molar-refractivity contribution in [1.82, 2.24) is 25.5 Å². The highest BCUT2D eigenvalue weighted by Gasteiger charge is 2.54. The molecule has 4 rings (SSSR count). The summed E-state index contributed by atoms with van der Waals surface area (Å²) < 4.78 is 33.1. The summed E-state index contributed by atoms with van der Waals surface area (Å²) in [5, 5.41) is 11.7. The zero-order chi connectivity index (χ0) is 29.8. The molecule has 2 atom stereocenters. The van der Waals surface area contributed by atoms with E-state index in [-0.39, 0.29) is 37.6 Å². The lowest BCUT2D eigenvalue weighted by molar-refractivity contribution is -0.144. The van der Waals surface area contributed by atoms with Crippen LogP contribution < -0.4 is 10.6 Å². The zero-order valence-electron chi connectivity index (χ0n) is 23.7. The van der Waals surface area contributed by atoms with E-state index < -0.39 is 40.4 Å². The lowest BCUT2D eigenvalue weighted by atomic mass is 9.74. The van der Waals surface area contributed by atoms with E-state index in [0.29, 0.717) is 30.9 Å². The van der Waals surface area contributed by atoms with Gasteiger partial charge in [-0.3, -0.25) is 19.4 Å². The predicted octanol–water partition coefficient (Wildman–Crippen LogP) is 2.04. The number of nitrogens with zero attached hydrogens (tertiary/aromatic N) is 4. The van der Waals surface area contributed by atoms with Crippen molar-refractivity contribution >= 4 is 23.4 Å². The minimum atomic E-state index is -1.12. The summed E-state index contributed by atoms with van der Waals surface area (Å²) in [6.07, 6.45) is 2.31. The van der Waals surface area contributed by atoms with Gasteiger partial charge in [-0.15, -0.1) is 0 Å². The van der Waals surface area contributed by atoms with Gasteiger partial charge in [-0.05, 0) is 46.0 Å². The number of amides is 3. The van der Waals surface area contributed by atoms with E-state index in [1.54, 1.807) is 38.1 Å². The van der Waals surface area contributed by atoms with Crippen LogP contribution in [0.15, 0.2) is 47.7 Å². The molecule has 3 heterocycles. The van der Waals surface area contributed by atoms with Gasteiger partial charge in [0, 0.05) is 56.0 Å². The average Bonchev–Trinajstić information content (AvgIpc) is 3.23. The fraction of sp³-hybridized carbons (Fsp3) is 0.483. The monoisotopic (exact) mass is 570 g/mol. The topological polar surface area (TPSA) is 116 Å². The summed E-state index contributed by atoms with van der Waals surface area (Å²) in [4.78, 5) is 46.6. The molecule has 10 nitrogen and oxygen atoms in total. The van der Waals surface area contributed by atoms with Gasteiger partial charge < -0.3 is 20.3 Å². The normalized spacial score (nSPS) is 19.6. The van der Waals surface area contributed by atoms with Crippen molar-refractivity contribution in [3.05, 3.63) is 65.5 Å². The van der Waals surface area contributed by atoms with Crippen molar-refractivity contribution in [2.45, 2.75) is 51.8 Å². The van der Waals surface area contributed by atoms with Crippen LogP contribution in [-0.4, -0.2) is 83.2 Å². The predicted molar refractivity (Wildman–Crippen MR) is 147 cm³/mol.